The summed E-state index contributed by atoms with van der Waals surface area (Å²) in [6.07, 6.45) is -3.91. The monoisotopic (exact) mass is 314 g/mol. The highest BCUT2D eigenvalue weighted by atomic mass is 19.4. The van der Waals surface area contributed by atoms with Crippen LogP contribution in [0.15, 0.2) is 35.4 Å². The Morgan fingerprint density at radius 2 is 2.00 bits per heavy atom. The second-order valence-electron chi connectivity index (χ2n) is 5.24. The van der Waals surface area contributed by atoms with E-state index < -0.39 is 24.2 Å². The van der Waals surface area contributed by atoms with Gasteiger partial charge in [-0.15, -0.1) is 0 Å². The molecule has 1 amide bonds. The van der Waals surface area contributed by atoms with Crippen molar-refractivity contribution in [1.29, 1.82) is 0 Å². The van der Waals surface area contributed by atoms with Crippen LogP contribution in [0.3, 0.4) is 0 Å². The van der Waals surface area contributed by atoms with Crippen LogP contribution in [0.4, 0.5) is 13.2 Å². The van der Waals surface area contributed by atoms with Crippen molar-refractivity contribution in [3.63, 3.8) is 0 Å². The number of aliphatic hydroxyl groups is 1. The van der Waals surface area contributed by atoms with Gasteiger partial charge in [-0.3, -0.25) is 4.79 Å². The van der Waals surface area contributed by atoms with Gasteiger partial charge >= 0.3 is 6.18 Å². The van der Waals surface area contributed by atoms with E-state index in [-0.39, 0.29) is 16.3 Å². The number of amides is 1. The molecule has 7 heteroatoms. The molecule has 120 valence electrons. The molecular formula is C15H17F3N2O2. The molecule has 1 heterocycles. The van der Waals surface area contributed by atoms with Crippen LogP contribution in [0.1, 0.15) is 43.0 Å². The highest BCUT2D eigenvalue weighted by Crippen LogP contribution is 2.41. The molecule has 1 aromatic carbocycles. The average molecular weight is 314 g/mol. The number of rotatable bonds is 4. The van der Waals surface area contributed by atoms with Crippen molar-refractivity contribution in [2.75, 3.05) is 0 Å². The normalized spacial score (nSPS) is 21.9. The molecule has 1 aromatic rings. The zero-order valence-electron chi connectivity index (χ0n) is 12.1. The van der Waals surface area contributed by atoms with Crippen LogP contribution in [0.5, 0.6) is 0 Å². The molecule has 0 spiro atoms. The Morgan fingerprint density at radius 1 is 1.36 bits per heavy atom. The smallest absolute Gasteiger partial charge is 0.362 e. The lowest BCUT2D eigenvalue weighted by molar-refractivity contribution is -0.297. The fourth-order valence-electron chi connectivity index (χ4n) is 2.27. The number of hydrogen-bond acceptors (Lipinski definition) is 3. The lowest BCUT2D eigenvalue weighted by atomic mass is 10.0. The predicted octanol–water partition coefficient (Wildman–Crippen LogP) is 3.33. The fourth-order valence-corrected chi connectivity index (χ4v) is 2.27. The van der Waals surface area contributed by atoms with E-state index in [1.165, 1.54) is 24.3 Å². The number of carbonyl (C=O) groups is 1. The van der Waals surface area contributed by atoms with Gasteiger partial charge in [-0.25, -0.2) is 0 Å². The summed E-state index contributed by atoms with van der Waals surface area (Å²) in [5.41, 5.74) is -3.04. The van der Waals surface area contributed by atoms with Crippen LogP contribution in [-0.2, 0) is 0 Å². The summed E-state index contributed by atoms with van der Waals surface area (Å²) >= 11 is 0. The molecule has 0 saturated carbocycles. The minimum Gasteiger partial charge on any atom is -0.362 e. The Labute approximate surface area is 126 Å². The molecule has 1 N–H and O–H groups in total. The number of nitrogens with zero attached hydrogens (tertiary/aromatic N) is 2. The first-order chi connectivity index (χ1) is 10.3. The van der Waals surface area contributed by atoms with E-state index >= 15 is 0 Å². The average Bonchev–Trinajstić information content (AvgIpc) is 2.83. The maximum absolute atomic E-state index is 13.2. The maximum atomic E-state index is 13.2. The topological polar surface area (TPSA) is 52.9 Å². The Kier molecular flexibility index (Phi) is 4.55. The van der Waals surface area contributed by atoms with Crippen LogP contribution in [0.25, 0.3) is 0 Å². The van der Waals surface area contributed by atoms with Gasteiger partial charge in [0.15, 0.2) is 0 Å². The van der Waals surface area contributed by atoms with Gasteiger partial charge in [-0.1, -0.05) is 31.5 Å². The summed E-state index contributed by atoms with van der Waals surface area (Å²) in [5.74, 6) is -0.966. The Morgan fingerprint density at radius 3 is 2.55 bits per heavy atom. The molecular weight excluding hydrogens is 297 g/mol. The molecule has 0 aliphatic carbocycles. The second kappa shape index (κ2) is 6.08. The lowest BCUT2D eigenvalue weighted by Gasteiger charge is -2.32. The molecule has 0 saturated heterocycles. The van der Waals surface area contributed by atoms with Crippen molar-refractivity contribution >= 4 is 11.6 Å². The largest absolute Gasteiger partial charge is 0.438 e. The third kappa shape index (κ3) is 2.99. The molecule has 1 aliphatic heterocycles. The third-order valence-electron chi connectivity index (χ3n) is 3.53. The third-order valence-corrected chi connectivity index (χ3v) is 3.53. The molecule has 0 aromatic heterocycles. The van der Waals surface area contributed by atoms with E-state index in [4.69, 9.17) is 0 Å². The number of alkyl halides is 3. The highest BCUT2D eigenvalue weighted by molar-refractivity contribution is 5.98. The highest BCUT2D eigenvalue weighted by Gasteiger charge is 2.63. The van der Waals surface area contributed by atoms with Crippen molar-refractivity contribution in [2.24, 2.45) is 5.10 Å². The van der Waals surface area contributed by atoms with Gasteiger partial charge in [-0.2, -0.15) is 23.3 Å². The van der Waals surface area contributed by atoms with Crippen molar-refractivity contribution in [3.8, 4) is 0 Å². The Balaban J connectivity index is 2.34. The fraction of sp³-hybridized carbons (Fsp3) is 0.467. The number of unbranched alkanes of at least 4 members (excludes halogenated alkanes) is 1. The summed E-state index contributed by atoms with van der Waals surface area (Å²) in [7, 11) is 0. The van der Waals surface area contributed by atoms with Crippen LogP contribution >= 0.6 is 0 Å². The van der Waals surface area contributed by atoms with Crippen LogP contribution in [-0.4, -0.2) is 33.6 Å². The van der Waals surface area contributed by atoms with E-state index in [0.717, 1.165) is 6.42 Å². The van der Waals surface area contributed by atoms with Crippen molar-refractivity contribution < 1.29 is 23.1 Å². The number of hydrazone groups is 1. The Hall–Kier alpha value is -1.89. The molecule has 1 aliphatic rings. The molecule has 1 unspecified atom stereocenters. The summed E-state index contributed by atoms with van der Waals surface area (Å²) in [6, 6.07) is 7.50. The first-order valence-electron chi connectivity index (χ1n) is 7.04. The van der Waals surface area contributed by atoms with E-state index in [1.54, 1.807) is 6.07 Å². The van der Waals surface area contributed by atoms with Crippen molar-refractivity contribution in [3.05, 3.63) is 35.9 Å². The summed E-state index contributed by atoms with van der Waals surface area (Å²) in [6.45, 7) is 1.90. The standard InChI is InChI=1S/C15H17F3N2O2/c1-2-3-9-12-10-14(22,15(16,17)18)20(19-12)13(21)11-7-5-4-6-8-11/h4-8,22H,2-3,9-10H2,1H3. The minimum atomic E-state index is -4.98. The molecule has 0 fully saturated rings. The maximum Gasteiger partial charge on any atom is 0.438 e. The molecule has 1 atom stereocenters. The van der Waals surface area contributed by atoms with Gasteiger partial charge in [0.2, 0.25) is 0 Å². The van der Waals surface area contributed by atoms with Crippen LogP contribution < -0.4 is 0 Å². The zero-order valence-corrected chi connectivity index (χ0v) is 12.1. The lowest BCUT2D eigenvalue weighted by Crippen LogP contribution is -2.56. The van der Waals surface area contributed by atoms with Crippen LogP contribution in [0.2, 0.25) is 0 Å². The quantitative estimate of drug-likeness (QED) is 0.927. The van der Waals surface area contributed by atoms with Gasteiger partial charge < -0.3 is 5.11 Å². The van der Waals surface area contributed by atoms with Crippen molar-refractivity contribution in [1.82, 2.24) is 5.01 Å². The SMILES string of the molecule is CCCCC1=NN(C(=O)c2ccccc2)C(O)(C(F)(F)F)C1. The summed E-state index contributed by atoms with van der Waals surface area (Å²) < 4.78 is 39.7. The number of carbonyl (C=O) groups excluding carboxylic acids is 1. The van der Waals surface area contributed by atoms with E-state index in [9.17, 15) is 23.1 Å². The predicted molar refractivity (Wildman–Crippen MR) is 75.2 cm³/mol. The molecule has 0 bridgehead atoms. The summed E-state index contributed by atoms with van der Waals surface area (Å²) in [4.78, 5) is 12.3. The molecule has 22 heavy (non-hydrogen) atoms. The molecule has 2 rings (SSSR count). The number of hydrogen-bond donors (Lipinski definition) is 1. The first-order valence-corrected chi connectivity index (χ1v) is 7.04. The summed E-state index contributed by atoms with van der Waals surface area (Å²) in [5, 5.41) is 14.0. The van der Waals surface area contributed by atoms with Gasteiger partial charge in [0.1, 0.15) is 0 Å². The number of benzene rings is 1. The number of halogens is 3. The Bertz CT molecular complexity index is 572. The van der Waals surface area contributed by atoms with Gasteiger partial charge in [-0.05, 0) is 25.0 Å². The van der Waals surface area contributed by atoms with Gasteiger partial charge in [0, 0.05) is 17.7 Å². The van der Waals surface area contributed by atoms with Crippen LogP contribution in [0, 0.1) is 0 Å². The second-order valence-corrected chi connectivity index (χ2v) is 5.24. The van der Waals surface area contributed by atoms with E-state index in [0.29, 0.717) is 12.8 Å². The zero-order chi connectivity index (χ0) is 16.4. The minimum absolute atomic E-state index is 0.0469. The molecule has 4 nitrogen and oxygen atoms in total. The van der Waals surface area contributed by atoms with E-state index in [1.807, 2.05) is 6.92 Å². The van der Waals surface area contributed by atoms with Crippen molar-refractivity contribution in [2.45, 2.75) is 44.5 Å². The van der Waals surface area contributed by atoms with Gasteiger partial charge in [0.05, 0.1) is 0 Å². The first kappa shape index (κ1) is 16.5. The van der Waals surface area contributed by atoms with E-state index in [2.05, 4.69) is 5.10 Å². The van der Waals surface area contributed by atoms with Gasteiger partial charge in [0.25, 0.3) is 11.6 Å². The molecule has 0 radical (unpaired) electrons.